The summed E-state index contributed by atoms with van der Waals surface area (Å²) in [5.74, 6) is 1.43. The number of halogens is 1. The lowest BCUT2D eigenvalue weighted by molar-refractivity contribution is 0.912. The molecule has 124 valence electrons. The lowest BCUT2D eigenvalue weighted by atomic mass is 10.2. The van der Waals surface area contributed by atoms with Crippen LogP contribution in [0.1, 0.15) is 17.5 Å². The maximum absolute atomic E-state index is 11.7. The number of aryl methyl sites for hydroxylation is 1. The lowest BCUT2D eigenvalue weighted by Crippen LogP contribution is -2.16. The molecular weight excluding hydrogens is 388 g/mol. The summed E-state index contributed by atoms with van der Waals surface area (Å²) in [6.07, 6.45) is 2.47. The molecule has 0 aliphatic carbocycles. The number of pyridine rings is 1. The second-order valence-corrected chi connectivity index (χ2v) is 7.95. The molecule has 0 atom stereocenters. The Morgan fingerprint density at radius 1 is 1.29 bits per heavy atom. The van der Waals surface area contributed by atoms with Crippen molar-refractivity contribution in [3.05, 3.63) is 61.2 Å². The summed E-state index contributed by atoms with van der Waals surface area (Å²) in [5, 5.41) is 0. The van der Waals surface area contributed by atoms with Gasteiger partial charge in [-0.3, -0.25) is 4.79 Å². The molecule has 0 amide bonds. The Kier molecular flexibility index (Phi) is 5.11. The van der Waals surface area contributed by atoms with Crippen molar-refractivity contribution < 1.29 is 0 Å². The van der Waals surface area contributed by atoms with Gasteiger partial charge >= 0.3 is 0 Å². The normalized spacial score (nSPS) is 10.8. The van der Waals surface area contributed by atoms with Crippen LogP contribution in [0.25, 0.3) is 11.4 Å². The predicted molar refractivity (Wildman–Crippen MR) is 102 cm³/mol. The van der Waals surface area contributed by atoms with Crippen LogP contribution in [0.2, 0.25) is 0 Å². The van der Waals surface area contributed by atoms with Gasteiger partial charge in [0, 0.05) is 35.4 Å². The highest BCUT2D eigenvalue weighted by atomic mass is 79.9. The van der Waals surface area contributed by atoms with Gasteiger partial charge in [0.25, 0.3) is 5.56 Å². The molecule has 1 N–H and O–H groups in total. The molecular formula is C17H17BrN4OS. The van der Waals surface area contributed by atoms with Crippen LogP contribution in [0.15, 0.2) is 45.1 Å². The van der Waals surface area contributed by atoms with Crippen molar-refractivity contribution in [2.45, 2.75) is 19.9 Å². The number of nitrogens with zero attached hydrogens (tertiary/aromatic N) is 3. The number of nitrogens with one attached hydrogen (secondary N) is 1. The molecule has 0 aromatic carbocycles. The van der Waals surface area contributed by atoms with Gasteiger partial charge in [-0.15, -0.1) is 11.3 Å². The Labute approximate surface area is 152 Å². The Morgan fingerprint density at radius 2 is 2.12 bits per heavy atom. The molecule has 24 heavy (non-hydrogen) atoms. The van der Waals surface area contributed by atoms with Gasteiger partial charge in [0.1, 0.15) is 11.6 Å². The van der Waals surface area contributed by atoms with E-state index >= 15 is 0 Å². The molecule has 0 saturated heterocycles. The van der Waals surface area contributed by atoms with E-state index in [4.69, 9.17) is 0 Å². The van der Waals surface area contributed by atoms with Gasteiger partial charge in [-0.2, -0.15) is 0 Å². The lowest BCUT2D eigenvalue weighted by Gasteiger charge is -2.17. The Bertz CT molecular complexity index is 888. The van der Waals surface area contributed by atoms with Gasteiger partial charge in [0.2, 0.25) is 0 Å². The van der Waals surface area contributed by atoms with Crippen LogP contribution >= 0.6 is 27.3 Å². The van der Waals surface area contributed by atoms with Gasteiger partial charge in [0.05, 0.1) is 10.3 Å². The summed E-state index contributed by atoms with van der Waals surface area (Å²) < 4.78 is 1.13. The molecule has 0 aliphatic rings. The van der Waals surface area contributed by atoms with Crippen molar-refractivity contribution in [1.29, 1.82) is 0 Å². The summed E-state index contributed by atoms with van der Waals surface area (Å²) in [6.45, 7) is 2.77. The zero-order chi connectivity index (χ0) is 17.1. The molecule has 3 aromatic rings. The number of hydrogen-bond donors (Lipinski definition) is 1. The second-order valence-electron chi connectivity index (χ2n) is 5.41. The predicted octanol–water partition coefficient (Wildman–Crippen LogP) is 3.85. The van der Waals surface area contributed by atoms with Crippen LogP contribution in [0, 0.1) is 0 Å². The van der Waals surface area contributed by atoms with Gasteiger partial charge < -0.3 is 9.88 Å². The maximum atomic E-state index is 11.7. The van der Waals surface area contributed by atoms with E-state index in [1.165, 1.54) is 10.9 Å². The number of rotatable bonds is 5. The van der Waals surface area contributed by atoms with Crippen molar-refractivity contribution in [1.82, 2.24) is 15.0 Å². The van der Waals surface area contributed by atoms with Crippen molar-refractivity contribution in [2.75, 3.05) is 11.9 Å². The van der Waals surface area contributed by atoms with E-state index in [1.807, 2.05) is 32.2 Å². The van der Waals surface area contributed by atoms with Crippen LogP contribution in [-0.2, 0) is 13.0 Å². The van der Waals surface area contributed by atoms with Crippen LogP contribution in [0.3, 0.4) is 0 Å². The standard InChI is InChI=1S/C17H17BrN4OS/c1-3-12-8-16(23)21-17(20-12)11-4-7-15(19-9-11)22(2)10-13-5-6-14(18)24-13/h4-9H,3,10H2,1-2H3,(H,20,21,23). The maximum Gasteiger partial charge on any atom is 0.251 e. The first-order valence-electron chi connectivity index (χ1n) is 7.57. The number of anilines is 1. The molecule has 0 fully saturated rings. The van der Waals surface area contributed by atoms with Crippen LogP contribution in [-0.4, -0.2) is 22.0 Å². The molecule has 0 unspecified atom stereocenters. The van der Waals surface area contributed by atoms with Crippen molar-refractivity contribution in [2.24, 2.45) is 0 Å². The molecule has 5 nitrogen and oxygen atoms in total. The van der Waals surface area contributed by atoms with E-state index in [1.54, 1.807) is 17.5 Å². The molecule has 0 spiro atoms. The zero-order valence-corrected chi connectivity index (χ0v) is 15.8. The van der Waals surface area contributed by atoms with E-state index in [9.17, 15) is 4.79 Å². The first kappa shape index (κ1) is 16.9. The smallest absolute Gasteiger partial charge is 0.251 e. The molecule has 0 aliphatic heterocycles. The van der Waals surface area contributed by atoms with Crippen molar-refractivity contribution >= 4 is 33.1 Å². The van der Waals surface area contributed by atoms with Crippen molar-refractivity contribution in [3.63, 3.8) is 0 Å². The van der Waals surface area contributed by atoms with E-state index in [0.717, 1.165) is 33.8 Å². The first-order chi connectivity index (χ1) is 11.5. The minimum atomic E-state index is -0.138. The molecule has 0 bridgehead atoms. The number of thiophene rings is 1. The van der Waals surface area contributed by atoms with Gasteiger partial charge in [0.15, 0.2) is 0 Å². The third-order valence-corrected chi connectivity index (χ3v) is 5.20. The molecule has 3 rings (SSSR count). The molecule has 7 heteroatoms. The van der Waals surface area contributed by atoms with E-state index in [2.05, 4.69) is 41.8 Å². The highest BCUT2D eigenvalue weighted by Gasteiger charge is 2.08. The second kappa shape index (κ2) is 7.27. The van der Waals surface area contributed by atoms with E-state index in [-0.39, 0.29) is 5.56 Å². The molecule has 3 aromatic heterocycles. The Balaban J connectivity index is 1.80. The van der Waals surface area contributed by atoms with E-state index in [0.29, 0.717) is 5.82 Å². The largest absolute Gasteiger partial charge is 0.355 e. The number of aromatic amines is 1. The minimum absolute atomic E-state index is 0.138. The minimum Gasteiger partial charge on any atom is -0.355 e. The molecule has 3 heterocycles. The fourth-order valence-corrected chi connectivity index (χ4v) is 3.87. The highest BCUT2D eigenvalue weighted by Crippen LogP contribution is 2.24. The van der Waals surface area contributed by atoms with Gasteiger partial charge in [-0.1, -0.05) is 6.92 Å². The van der Waals surface area contributed by atoms with Crippen LogP contribution in [0.5, 0.6) is 0 Å². The number of aromatic nitrogens is 3. The summed E-state index contributed by atoms with van der Waals surface area (Å²) in [6, 6.07) is 9.55. The topological polar surface area (TPSA) is 61.9 Å². The Morgan fingerprint density at radius 3 is 2.75 bits per heavy atom. The monoisotopic (exact) mass is 404 g/mol. The first-order valence-corrected chi connectivity index (χ1v) is 9.18. The SMILES string of the molecule is CCc1cc(=O)[nH]c(-c2ccc(N(C)Cc3ccc(Br)s3)nc2)n1. The molecule has 0 saturated carbocycles. The van der Waals surface area contributed by atoms with Crippen LogP contribution in [0.4, 0.5) is 5.82 Å². The van der Waals surface area contributed by atoms with Gasteiger partial charge in [-0.05, 0) is 46.6 Å². The fraction of sp³-hybridized carbons (Fsp3) is 0.235. The highest BCUT2D eigenvalue weighted by molar-refractivity contribution is 9.11. The quantitative estimate of drug-likeness (QED) is 0.701. The number of H-pyrrole nitrogens is 1. The fourth-order valence-electron chi connectivity index (χ4n) is 2.33. The summed E-state index contributed by atoms with van der Waals surface area (Å²) in [5.41, 5.74) is 1.44. The van der Waals surface area contributed by atoms with Gasteiger partial charge in [-0.25, -0.2) is 9.97 Å². The Hall–Kier alpha value is -1.99. The summed E-state index contributed by atoms with van der Waals surface area (Å²) in [7, 11) is 2.01. The third kappa shape index (κ3) is 3.91. The average molecular weight is 405 g/mol. The average Bonchev–Trinajstić information content (AvgIpc) is 2.99. The van der Waals surface area contributed by atoms with Crippen LogP contribution < -0.4 is 10.5 Å². The van der Waals surface area contributed by atoms with Crippen molar-refractivity contribution in [3.8, 4) is 11.4 Å². The zero-order valence-electron chi connectivity index (χ0n) is 13.4. The van der Waals surface area contributed by atoms with E-state index < -0.39 is 0 Å². The summed E-state index contributed by atoms with van der Waals surface area (Å²) >= 11 is 5.19. The number of hydrogen-bond acceptors (Lipinski definition) is 5. The third-order valence-electron chi connectivity index (χ3n) is 3.59. The summed E-state index contributed by atoms with van der Waals surface area (Å²) in [4.78, 5) is 26.8. The molecule has 0 radical (unpaired) electrons.